The molecule has 4 heteroatoms. The molecule has 3 atom stereocenters. The third kappa shape index (κ3) is 1.44. The van der Waals surface area contributed by atoms with Crippen LogP contribution in [0.2, 0.25) is 0 Å². The molecule has 0 radical (unpaired) electrons. The standard InChI is InChI=1S/C10H16F2O2/c1-9(2,3)6-4-13-8-7(6)14-5-10(8,11)12/h6-8H,4-5H2,1-3H3/t6-,7+,8-/m0/s1. The van der Waals surface area contributed by atoms with Gasteiger partial charge in [0, 0.05) is 5.92 Å². The van der Waals surface area contributed by atoms with Crippen molar-refractivity contribution in [3.8, 4) is 0 Å². The minimum absolute atomic E-state index is 0.0418. The summed E-state index contributed by atoms with van der Waals surface area (Å²) in [6.45, 7) is 5.99. The molecule has 2 heterocycles. The molecule has 0 saturated carbocycles. The molecule has 14 heavy (non-hydrogen) atoms. The fraction of sp³-hybridized carbons (Fsp3) is 1.00. The van der Waals surface area contributed by atoms with Gasteiger partial charge in [0.1, 0.15) is 12.7 Å². The first-order valence-electron chi connectivity index (χ1n) is 4.93. The van der Waals surface area contributed by atoms with Crippen LogP contribution in [0.4, 0.5) is 8.78 Å². The molecule has 0 aromatic carbocycles. The Bertz CT molecular complexity index is 235. The minimum Gasteiger partial charge on any atom is -0.369 e. The lowest BCUT2D eigenvalue weighted by Gasteiger charge is -2.29. The van der Waals surface area contributed by atoms with E-state index in [1.54, 1.807) is 0 Å². The molecule has 2 rings (SSSR count). The molecule has 0 aromatic rings. The summed E-state index contributed by atoms with van der Waals surface area (Å²) in [7, 11) is 0. The summed E-state index contributed by atoms with van der Waals surface area (Å²) >= 11 is 0. The quantitative estimate of drug-likeness (QED) is 0.604. The van der Waals surface area contributed by atoms with Gasteiger partial charge >= 0.3 is 0 Å². The van der Waals surface area contributed by atoms with E-state index < -0.39 is 24.7 Å². The molecule has 82 valence electrons. The Kier molecular flexibility index (Phi) is 2.13. The monoisotopic (exact) mass is 206 g/mol. The second kappa shape index (κ2) is 2.89. The lowest BCUT2D eigenvalue weighted by Crippen LogP contribution is -2.37. The van der Waals surface area contributed by atoms with E-state index in [1.807, 2.05) is 20.8 Å². The Morgan fingerprint density at radius 1 is 1.21 bits per heavy atom. The Hall–Kier alpha value is -0.220. The maximum Gasteiger partial charge on any atom is 0.299 e. The van der Waals surface area contributed by atoms with E-state index in [0.29, 0.717) is 6.61 Å². The van der Waals surface area contributed by atoms with Gasteiger partial charge in [-0.3, -0.25) is 0 Å². The topological polar surface area (TPSA) is 18.5 Å². The van der Waals surface area contributed by atoms with Crippen molar-refractivity contribution in [1.82, 2.24) is 0 Å². The Balaban J connectivity index is 2.16. The van der Waals surface area contributed by atoms with Crippen LogP contribution in [0.3, 0.4) is 0 Å². The molecule has 0 aromatic heterocycles. The summed E-state index contributed by atoms with van der Waals surface area (Å²) in [5.74, 6) is -2.73. The zero-order valence-electron chi connectivity index (χ0n) is 8.72. The van der Waals surface area contributed by atoms with Crippen molar-refractivity contribution in [2.45, 2.75) is 38.9 Å². The van der Waals surface area contributed by atoms with Crippen LogP contribution < -0.4 is 0 Å². The van der Waals surface area contributed by atoms with Crippen LogP contribution >= 0.6 is 0 Å². The van der Waals surface area contributed by atoms with Crippen molar-refractivity contribution >= 4 is 0 Å². The molecule has 2 nitrogen and oxygen atoms in total. The maximum absolute atomic E-state index is 13.2. The molecular formula is C10H16F2O2. The van der Waals surface area contributed by atoms with E-state index in [9.17, 15) is 8.78 Å². The average Bonchev–Trinajstić information content (AvgIpc) is 2.51. The fourth-order valence-electron chi connectivity index (χ4n) is 2.21. The third-order valence-electron chi connectivity index (χ3n) is 3.15. The number of ether oxygens (including phenoxy) is 2. The van der Waals surface area contributed by atoms with Crippen LogP contribution in [0.15, 0.2) is 0 Å². The highest BCUT2D eigenvalue weighted by atomic mass is 19.3. The molecule has 2 saturated heterocycles. The lowest BCUT2D eigenvalue weighted by molar-refractivity contribution is -0.0970. The predicted octanol–water partition coefficient (Wildman–Crippen LogP) is 2.08. The first-order valence-corrected chi connectivity index (χ1v) is 4.93. The highest BCUT2D eigenvalue weighted by Crippen LogP contribution is 2.45. The van der Waals surface area contributed by atoms with E-state index >= 15 is 0 Å². The molecule has 0 unspecified atom stereocenters. The first kappa shape index (κ1) is 10.3. The van der Waals surface area contributed by atoms with E-state index in [0.717, 1.165) is 0 Å². The summed E-state index contributed by atoms with van der Waals surface area (Å²) in [6, 6.07) is 0. The SMILES string of the molecule is CC(C)(C)[C@H]1CO[C@H]2[C@@H]1OCC2(F)F. The van der Waals surface area contributed by atoms with E-state index in [2.05, 4.69) is 0 Å². The maximum atomic E-state index is 13.2. The molecule has 0 bridgehead atoms. The molecule has 0 amide bonds. The zero-order valence-corrected chi connectivity index (χ0v) is 8.72. The molecular weight excluding hydrogens is 190 g/mol. The van der Waals surface area contributed by atoms with E-state index in [-0.39, 0.29) is 11.3 Å². The normalized spacial score (nSPS) is 41.4. The van der Waals surface area contributed by atoms with Crippen LogP contribution in [0.25, 0.3) is 0 Å². The molecule has 0 N–H and O–H groups in total. The zero-order chi connectivity index (χ0) is 10.6. The van der Waals surface area contributed by atoms with Gasteiger partial charge in [-0.2, -0.15) is 0 Å². The van der Waals surface area contributed by atoms with Gasteiger partial charge < -0.3 is 9.47 Å². The van der Waals surface area contributed by atoms with Gasteiger partial charge in [0.25, 0.3) is 5.92 Å². The van der Waals surface area contributed by atoms with Gasteiger partial charge in [-0.25, -0.2) is 8.78 Å². The van der Waals surface area contributed by atoms with Gasteiger partial charge in [-0.05, 0) is 5.41 Å². The summed E-state index contributed by atoms with van der Waals surface area (Å²) in [5.41, 5.74) is -0.0418. The van der Waals surface area contributed by atoms with Crippen molar-refractivity contribution in [3.05, 3.63) is 0 Å². The van der Waals surface area contributed by atoms with Crippen LogP contribution in [0, 0.1) is 11.3 Å². The van der Waals surface area contributed by atoms with Crippen molar-refractivity contribution in [2.24, 2.45) is 11.3 Å². The van der Waals surface area contributed by atoms with Gasteiger partial charge in [0.15, 0.2) is 0 Å². The number of alkyl halides is 2. The van der Waals surface area contributed by atoms with Crippen molar-refractivity contribution in [2.75, 3.05) is 13.2 Å². The van der Waals surface area contributed by atoms with Gasteiger partial charge in [0.2, 0.25) is 0 Å². The first-order chi connectivity index (χ1) is 6.32. The smallest absolute Gasteiger partial charge is 0.299 e. The molecule has 2 fully saturated rings. The largest absolute Gasteiger partial charge is 0.369 e. The summed E-state index contributed by atoms with van der Waals surface area (Å²) in [4.78, 5) is 0. The summed E-state index contributed by atoms with van der Waals surface area (Å²) in [5, 5.41) is 0. The lowest BCUT2D eigenvalue weighted by atomic mass is 9.78. The van der Waals surface area contributed by atoms with E-state index in [1.165, 1.54) is 0 Å². The Labute approximate surface area is 82.6 Å². The highest BCUT2D eigenvalue weighted by Gasteiger charge is 2.60. The summed E-state index contributed by atoms with van der Waals surface area (Å²) in [6.07, 6.45) is -1.45. The fourth-order valence-corrected chi connectivity index (χ4v) is 2.21. The number of rotatable bonds is 0. The number of hydrogen-bond donors (Lipinski definition) is 0. The van der Waals surface area contributed by atoms with Crippen LogP contribution in [-0.2, 0) is 9.47 Å². The molecule has 0 spiro atoms. The predicted molar refractivity (Wildman–Crippen MR) is 47.4 cm³/mol. The third-order valence-corrected chi connectivity index (χ3v) is 3.15. The van der Waals surface area contributed by atoms with Gasteiger partial charge in [-0.15, -0.1) is 0 Å². The van der Waals surface area contributed by atoms with Crippen LogP contribution in [0.1, 0.15) is 20.8 Å². The van der Waals surface area contributed by atoms with Crippen molar-refractivity contribution in [1.29, 1.82) is 0 Å². The van der Waals surface area contributed by atoms with Gasteiger partial charge in [0.05, 0.1) is 12.7 Å². The van der Waals surface area contributed by atoms with Crippen molar-refractivity contribution in [3.63, 3.8) is 0 Å². The minimum atomic E-state index is -2.80. The molecule has 2 aliphatic rings. The van der Waals surface area contributed by atoms with Crippen LogP contribution in [-0.4, -0.2) is 31.3 Å². The number of halogens is 2. The second-order valence-electron chi connectivity index (χ2n) is 5.26. The molecule has 0 aliphatic carbocycles. The molecule has 2 aliphatic heterocycles. The van der Waals surface area contributed by atoms with Crippen molar-refractivity contribution < 1.29 is 18.3 Å². The van der Waals surface area contributed by atoms with Crippen LogP contribution in [0.5, 0.6) is 0 Å². The van der Waals surface area contributed by atoms with Gasteiger partial charge in [-0.1, -0.05) is 20.8 Å². The average molecular weight is 206 g/mol. The number of hydrogen-bond acceptors (Lipinski definition) is 2. The Morgan fingerprint density at radius 2 is 1.86 bits per heavy atom. The Morgan fingerprint density at radius 3 is 2.43 bits per heavy atom. The number of fused-ring (bicyclic) bond motifs is 1. The highest BCUT2D eigenvalue weighted by molar-refractivity contribution is 5.01. The second-order valence-corrected chi connectivity index (χ2v) is 5.26. The summed E-state index contributed by atoms with van der Waals surface area (Å²) < 4.78 is 36.7. The van der Waals surface area contributed by atoms with E-state index in [4.69, 9.17) is 9.47 Å².